The third-order valence-corrected chi connectivity index (χ3v) is 2.82. The fraction of sp³-hybridized carbons (Fsp3) is 0.636. The van der Waals surface area contributed by atoms with Gasteiger partial charge in [-0.1, -0.05) is 0 Å². The van der Waals surface area contributed by atoms with Crippen LogP contribution in [0, 0.1) is 0 Å². The van der Waals surface area contributed by atoms with Crippen molar-refractivity contribution in [2.75, 3.05) is 24.5 Å². The summed E-state index contributed by atoms with van der Waals surface area (Å²) in [6.07, 6.45) is 2.27. The predicted octanol–water partition coefficient (Wildman–Crippen LogP) is 0.432. The van der Waals surface area contributed by atoms with Crippen LogP contribution in [0.5, 0.6) is 0 Å². The van der Waals surface area contributed by atoms with Gasteiger partial charge in [0.1, 0.15) is 11.6 Å². The van der Waals surface area contributed by atoms with Crippen molar-refractivity contribution >= 4 is 5.82 Å². The molecule has 0 bridgehead atoms. The number of rotatable bonds is 5. The molecule has 0 radical (unpaired) electrons. The second kappa shape index (κ2) is 4.65. The monoisotopic (exact) mass is 222 g/mol. The van der Waals surface area contributed by atoms with Crippen molar-refractivity contribution in [2.24, 2.45) is 5.73 Å². The molecule has 1 saturated carbocycles. The summed E-state index contributed by atoms with van der Waals surface area (Å²) in [5, 5.41) is 0. The highest BCUT2D eigenvalue weighted by molar-refractivity contribution is 5.37. The molecule has 1 aliphatic rings. The number of hydrogen-bond donors (Lipinski definition) is 2. The van der Waals surface area contributed by atoms with Crippen LogP contribution in [0.3, 0.4) is 0 Å². The minimum atomic E-state index is -0.0672. The summed E-state index contributed by atoms with van der Waals surface area (Å²) in [6.45, 7) is 4.16. The number of nitrogens with zero attached hydrogens (tertiary/aromatic N) is 2. The van der Waals surface area contributed by atoms with Crippen LogP contribution in [0.15, 0.2) is 10.9 Å². The van der Waals surface area contributed by atoms with Gasteiger partial charge < -0.3 is 15.6 Å². The molecule has 0 amide bonds. The number of H-pyrrole nitrogens is 1. The minimum Gasteiger partial charge on any atom is -0.355 e. The molecular weight excluding hydrogens is 204 g/mol. The van der Waals surface area contributed by atoms with Gasteiger partial charge in [-0.15, -0.1) is 0 Å². The molecule has 1 aromatic rings. The largest absolute Gasteiger partial charge is 0.355 e. The zero-order chi connectivity index (χ0) is 11.5. The van der Waals surface area contributed by atoms with Gasteiger partial charge in [0.2, 0.25) is 0 Å². The summed E-state index contributed by atoms with van der Waals surface area (Å²) in [6, 6.07) is 1.55. The molecule has 0 unspecified atom stereocenters. The van der Waals surface area contributed by atoms with Crippen LogP contribution in [-0.4, -0.2) is 29.6 Å². The highest BCUT2D eigenvalue weighted by atomic mass is 16.1. The molecule has 1 heterocycles. The third-order valence-electron chi connectivity index (χ3n) is 2.82. The van der Waals surface area contributed by atoms with Gasteiger partial charge in [-0.3, -0.25) is 4.79 Å². The molecule has 1 fully saturated rings. The van der Waals surface area contributed by atoms with E-state index in [-0.39, 0.29) is 5.56 Å². The quantitative estimate of drug-likeness (QED) is 0.757. The van der Waals surface area contributed by atoms with Crippen molar-refractivity contribution in [3.63, 3.8) is 0 Å². The normalized spacial score (nSPS) is 15.1. The van der Waals surface area contributed by atoms with Gasteiger partial charge in [0.25, 0.3) is 5.56 Å². The Hall–Kier alpha value is -1.36. The van der Waals surface area contributed by atoms with E-state index < -0.39 is 0 Å². The van der Waals surface area contributed by atoms with Crippen LogP contribution in [0.25, 0.3) is 0 Å². The highest BCUT2D eigenvalue weighted by Gasteiger charge is 2.26. The van der Waals surface area contributed by atoms with E-state index in [0.717, 1.165) is 37.6 Å². The van der Waals surface area contributed by atoms with E-state index in [2.05, 4.69) is 9.97 Å². The molecule has 5 heteroatoms. The van der Waals surface area contributed by atoms with Crippen molar-refractivity contribution in [3.8, 4) is 0 Å². The maximum atomic E-state index is 11.5. The van der Waals surface area contributed by atoms with Crippen LogP contribution in [0.4, 0.5) is 5.82 Å². The number of aromatic amines is 1. The van der Waals surface area contributed by atoms with Crippen molar-refractivity contribution in [3.05, 3.63) is 22.2 Å². The Morgan fingerprint density at radius 1 is 1.62 bits per heavy atom. The molecule has 16 heavy (non-hydrogen) atoms. The van der Waals surface area contributed by atoms with E-state index >= 15 is 0 Å². The summed E-state index contributed by atoms with van der Waals surface area (Å²) in [5.41, 5.74) is 5.47. The molecule has 1 aromatic heterocycles. The van der Waals surface area contributed by atoms with Gasteiger partial charge in [0.15, 0.2) is 0 Å². The van der Waals surface area contributed by atoms with Crippen LogP contribution in [0.1, 0.15) is 31.5 Å². The Labute approximate surface area is 94.7 Å². The minimum absolute atomic E-state index is 0.0672. The number of anilines is 1. The molecule has 88 valence electrons. The average molecular weight is 222 g/mol. The predicted molar refractivity (Wildman–Crippen MR) is 63.8 cm³/mol. The number of aromatic nitrogens is 2. The second-order valence-corrected chi connectivity index (χ2v) is 4.13. The Bertz CT molecular complexity index is 411. The van der Waals surface area contributed by atoms with E-state index in [1.54, 1.807) is 6.07 Å². The lowest BCUT2D eigenvalue weighted by Gasteiger charge is -2.21. The first kappa shape index (κ1) is 11.1. The van der Waals surface area contributed by atoms with Crippen LogP contribution >= 0.6 is 0 Å². The lowest BCUT2D eigenvalue weighted by molar-refractivity contribution is 0.783. The SMILES string of the molecule is CCN(CCN)c1cc(=O)[nH]c(C2CC2)n1. The van der Waals surface area contributed by atoms with E-state index in [1.807, 2.05) is 11.8 Å². The molecule has 3 N–H and O–H groups in total. The Balaban J connectivity index is 2.27. The molecule has 1 aliphatic carbocycles. The molecule has 0 spiro atoms. The topological polar surface area (TPSA) is 75.0 Å². The van der Waals surface area contributed by atoms with E-state index in [9.17, 15) is 4.79 Å². The van der Waals surface area contributed by atoms with Gasteiger partial charge in [-0.2, -0.15) is 0 Å². The van der Waals surface area contributed by atoms with Crippen LogP contribution in [-0.2, 0) is 0 Å². The van der Waals surface area contributed by atoms with Crippen LogP contribution in [0.2, 0.25) is 0 Å². The summed E-state index contributed by atoms with van der Waals surface area (Å²) < 4.78 is 0. The second-order valence-electron chi connectivity index (χ2n) is 4.13. The maximum Gasteiger partial charge on any atom is 0.252 e. The molecule has 2 rings (SSSR count). The molecule has 5 nitrogen and oxygen atoms in total. The van der Waals surface area contributed by atoms with Gasteiger partial charge in [-0.25, -0.2) is 4.98 Å². The molecule has 0 aliphatic heterocycles. The third kappa shape index (κ3) is 2.41. The molecule has 0 aromatic carbocycles. The summed E-state index contributed by atoms with van der Waals surface area (Å²) in [4.78, 5) is 20.8. The van der Waals surface area contributed by atoms with Gasteiger partial charge in [0, 0.05) is 31.6 Å². The molecule has 0 atom stereocenters. The van der Waals surface area contributed by atoms with E-state index in [4.69, 9.17) is 5.73 Å². The Morgan fingerprint density at radius 2 is 2.38 bits per heavy atom. The standard InChI is InChI=1S/C11H18N4O/c1-2-15(6-5-12)9-7-10(16)14-11(13-9)8-3-4-8/h7-8H,2-6,12H2,1H3,(H,13,14,16). The number of nitrogens with two attached hydrogens (primary N) is 1. The van der Waals surface area contributed by atoms with Crippen molar-refractivity contribution in [2.45, 2.75) is 25.7 Å². The number of hydrogen-bond acceptors (Lipinski definition) is 4. The first-order chi connectivity index (χ1) is 7.74. The molecular formula is C11H18N4O. The zero-order valence-electron chi connectivity index (χ0n) is 9.57. The summed E-state index contributed by atoms with van der Waals surface area (Å²) in [7, 11) is 0. The van der Waals surface area contributed by atoms with Crippen molar-refractivity contribution in [1.82, 2.24) is 9.97 Å². The van der Waals surface area contributed by atoms with Crippen molar-refractivity contribution < 1.29 is 0 Å². The highest BCUT2D eigenvalue weighted by Crippen LogP contribution is 2.37. The molecule has 0 saturated heterocycles. The van der Waals surface area contributed by atoms with Gasteiger partial charge in [-0.05, 0) is 19.8 Å². The first-order valence-electron chi connectivity index (χ1n) is 5.81. The van der Waals surface area contributed by atoms with Crippen molar-refractivity contribution in [1.29, 1.82) is 0 Å². The first-order valence-corrected chi connectivity index (χ1v) is 5.81. The van der Waals surface area contributed by atoms with Crippen LogP contribution < -0.4 is 16.2 Å². The fourth-order valence-corrected chi connectivity index (χ4v) is 1.77. The maximum absolute atomic E-state index is 11.5. The lowest BCUT2D eigenvalue weighted by atomic mass is 10.3. The fourth-order valence-electron chi connectivity index (χ4n) is 1.77. The van der Waals surface area contributed by atoms with E-state index in [1.165, 1.54) is 0 Å². The smallest absolute Gasteiger partial charge is 0.252 e. The summed E-state index contributed by atoms with van der Waals surface area (Å²) in [5.74, 6) is 2.04. The number of likely N-dealkylation sites (N-methyl/N-ethyl adjacent to an activating group) is 1. The average Bonchev–Trinajstić information content (AvgIpc) is 3.08. The van der Waals surface area contributed by atoms with E-state index in [0.29, 0.717) is 12.5 Å². The lowest BCUT2D eigenvalue weighted by Crippen LogP contribution is -2.31. The number of nitrogens with one attached hydrogen (secondary N) is 1. The Kier molecular flexibility index (Phi) is 3.24. The van der Waals surface area contributed by atoms with Gasteiger partial charge in [0.05, 0.1) is 0 Å². The summed E-state index contributed by atoms with van der Waals surface area (Å²) >= 11 is 0. The Morgan fingerprint density at radius 3 is 2.94 bits per heavy atom. The van der Waals surface area contributed by atoms with Gasteiger partial charge >= 0.3 is 0 Å². The zero-order valence-corrected chi connectivity index (χ0v) is 9.57.